The Kier molecular flexibility index (Phi) is 6.15. The molecular weight excluding hydrogens is 287 g/mol. The number of aromatic nitrogens is 1. The van der Waals surface area contributed by atoms with Crippen molar-refractivity contribution < 1.29 is 4.39 Å². The minimum atomic E-state index is -0.311. The second-order valence-corrected chi connectivity index (χ2v) is 5.54. The van der Waals surface area contributed by atoms with Gasteiger partial charge >= 0.3 is 0 Å². The molecule has 1 aromatic carbocycles. The molecule has 0 aliphatic heterocycles. The van der Waals surface area contributed by atoms with Crippen LogP contribution in [0.5, 0.6) is 0 Å². The largest absolute Gasteiger partial charge is 0.313 e. The van der Waals surface area contributed by atoms with Gasteiger partial charge < -0.3 is 5.32 Å². The zero-order valence-corrected chi connectivity index (χ0v) is 12.9. The third-order valence-corrected chi connectivity index (χ3v) is 3.68. The molecule has 1 aromatic heterocycles. The molecule has 1 unspecified atom stereocenters. The Morgan fingerprint density at radius 3 is 2.81 bits per heavy atom. The van der Waals surface area contributed by atoms with Crippen LogP contribution in [0.25, 0.3) is 0 Å². The zero-order valence-electron chi connectivity index (χ0n) is 12.2. The van der Waals surface area contributed by atoms with Gasteiger partial charge in [0.25, 0.3) is 0 Å². The molecule has 0 saturated carbocycles. The highest BCUT2D eigenvalue weighted by Crippen LogP contribution is 2.20. The molecule has 0 bridgehead atoms. The van der Waals surface area contributed by atoms with Gasteiger partial charge in [0.1, 0.15) is 5.82 Å². The number of rotatable bonds is 7. The number of nitrogens with one attached hydrogen (secondary N) is 1. The van der Waals surface area contributed by atoms with E-state index in [4.69, 9.17) is 11.6 Å². The van der Waals surface area contributed by atoms with Crippen LogP contribution in [-0.2, 0) is 12.8 Å². The fourth-order valence-corrected chi connectivity index (χ4v) is 2.53. The molecule has 2 aromatic rings. The van der Waals surface area contributed by atoms with Gasteiger partial charge in [0.2, 0.25) is 0 Å². The van der Waals surface area contributed by atoms with E-state index >= 15 is 0 Å². The molecular formula is C17H20ClFN2. The van der Waals surface area contributed by atoms with Gasteiger partial charge in [0.05, 0.1) is 5.02 Å². The lowest BCUT2D eigenvalue weighted by Gasteiger charge is -2.19. The van der Waals surface area contributed by atoms with Gasteiger partial charge in [-0.25, -0.2) is 4.39 Å². The zero-order chi connectivity index (χ0) is 15.1. The van der Waals surface area contributed by atoms with Gasteiger partial charge in [-0.3, -0.25) is 4.98 Å². The average molecular weight is 307 g/mol. The summed E-state index contributed by atoms with van der Waals surface area (Å²) in [6.07, 6.45) is 6.09. The maximum Gasteiger partial charge on any atom is 0.145 e. The van der Waals surface area contributed by atoms with Crippen LogP contribution in [0, 0.1) is 5.82 Å². The van der Waals surface area contributed by atoms with Gasteiger partial charge in [-0.2, -0.15) is 0 Å². The van der Waals surface area contributed by atoms with Crippen LogP contribution in [0.1, 0.15) is 24.5 Å². The monoisotopic (exact) mass is 306 g/mol. The summed E-state index contributed by atoms with van der Waals surface area (Å²) >= 11 is 5.86. The maximum atomic E-state index is 14.1. The molecule has 0 fully saturated rings. The van der Waals surface area contributed by atoms with Gasteiger partial charge in [0, 0.05) is 18.4 Å². The Balaban J connectivity index is 2.10. The van der Waals surface area contributed by atoms with Crippen molar-refractivity contribution in [2.24, 2.45) is 0 Å². The predicted octanol–water partition coefficient (Wildman–Crippen LogP) is 4.03. The molecule has 2 nitrogen and oxygen atoms in total. The number of hydrogen-bond donors (Lipinski definition) is 1. The fourth-order valence-electron chi connectivity index (χ4n) is 2.34. The van der Waals surface area contributed by atoms with Crippen molar-refractivity contribution in [1.29, 1.82) is 0 Å². The van der Waals surface area contributed by atoms with E-state index in [1.54, 1.807) is 24.4 Å². The lowest BCUT2D eigenvalue weighted by molar-refractivity contribution is 0.492. The summed E-state index contributed by atoms with van der Waals surface area (Å²) in [5, 5.41) is 3.66. The van der Waals surface area contributed by atoms with Crippen molar-refractivity contribution in [3.63, 3.8) is 0 Å². The van der Waals surface area contributed by atoms with Gasteiger partial charge in [-0.05, 0) is 49.1 Å². The van der Waals surface area contributed by atoms with Crippen molar-refractivity contribution in [2.75, 3.05) is 6.54 Å². The summed E-state index contributed by atoms with van der Waals surface area (Å²) < 4.78 is 14.1. The Bertz CT molecular complexity index is 560. The van der Waals surface area contributed by atoms with Crippen LogP contribution in [0.4, 0.5) is 4.39 Å². The van der Waals surface area contributed by atoms with Crippen molar-refractivity contribution in [1.82, 2.24) is 10.3 Å². The van der Waals surface area contributed by atoms with Crippen LogP contribution < -0.4 is 5.32 Å². The van der Waals surface area contributed by atoms with E-state index < -0.39 is 0 Å². The molecule has 0 aliphatic carbocycles. The minimum Gasteiger partial charge on any atom is -0.313 e. The molecule has 0 amide bonds. The summed E-state index contributed by atoms with van der Waals surface area (Å²) in [6.45, 7) is 3.03. The Hall–Kier alpha value is -1.45. The normalized spacial score (nSPS) is 12.3. The molecule has 4 heteroatoms. The van der Waals surface area contributed by atoms with E-state index in [9.17, 15) is 4.39 Å². The van der Waals surface area contributed by atoms with E-state index in [0.717, 1.165) is 24.9 Å². The molecule has 1 atom stereocenters. The fraction of sp³-hybridized carbons (Fsp3) is 0.353. The molecule has 112 valence electrons. The van der Waals surface area contributed by atoms with E-state index in [2.05, 4.69) is 17.2 Å². The number of nitrogens with zero attached hydrogens (tertiary/aromatic N) is 1. The SMILES string of the molecule is CCCNC(Cc1cccnc1)Cc1cccc(Cl)c1F. The van der Waals surface area contributed by atoms with Crippen LogP contribution >= 0.6 is 11.6 Å². The van der Waals surface area contributed by atoms with Gasteiger partial charge in [0.15, 0.2) is 0 Å². The quantitative estimate of drug-likeness (QED) is 0.835. The third-order valence-electron chi connectivity index (χ3n) is 3.39. The van der Waals surface area contributed by atoms with Gasteiger partial charge in [-0.1, -0.05) is 36.7 Å². The van der Waals surface area contributed by atoms with Crippen molar-refractivity contribution in [3.05, 3.63) is 64.7 Å². The van der Waals surface area contributed by atoms with E-state index in [1.807, 2.05) is 18.3 Å². The lowest BCUT2D eigenvalue weighted by Crippen LogP contribution is -2.34. The summed E-state index contributed by atoms with van der Waals surface area (Å²) in [7, 11) is 0. The summed E-state index contributed by atoms with van der Waals surface area (Å²) in [5.74, 6) is -0.311. The summed E-state index contributed by atoms with van der Waals surface area (Å²) in [6, 6.07) is 9.30. The van der Waals surface area contributed by atoms with E-state index in [-0.39, 0.29) is 16.9 Å². The third kappa shape index (κ3) is 4.80. The first-order chi connectivity index (χ1) is 10.2. The van der Waals surface area contributed by atoms with Crippen LogP contribution in [0.15, 0.2) is 42.7 Å². The molecule has 1 N–H and O–H groups in total. The predicted molar refractivity (Wildman–Crippen MR) is 85.1 cm³/mol. The van der Waals surface area contributed by atoms with E-state index in [0.29, 0.717) is 12.0 Å². The summed E-state index contributed by atoms with van der Waals surface area (Å²) in [4.78, 5) is 4.13. The topological polar surface area (TPSA) is 24.9 Å². The number of hydrogen-bond acceptors (Lipinski definition) is 2. The first-order valence-electron chi connectivity index (χ1n) is 7.26. The van der Waals surface area contributed by atoms with Crippen molar-refractivity contribution >= 4 is 11.6 Å². The molecule has 21 heavy (non-hydrogen) atoms. The van der Waals surface area contributed by atoms with Crippen LogP contribution in [0.2, 0.25) is 5.02 Å². The second kappa shape index (κ2) is 8.11. The Labute approximate surface area is 130 Å². The van der Waals surface area contributed by atoms with Crippen LogP contribution in [-0.4, -0.2) is 17.6 Å². The second-order valence-electron chi connectivity index (χ2n) is 5.13. The van der Waals surface area contributed by atoms with Crippen molar-refractivity contribution in [2.45, 2.75) is 32.2 Å². The molecule has 0 radical (unpaired) electrons. The highest BCUT2D eigenvalue weighted by molar-refractivity contribution is 6.30. The maximum absolute atomic E-state index is 14.1. The minimum absolute atomic E-state index is 0.169. The number of halogens is 2. The molecule has 2 rings (SSSR count). The Morgan fingerprint density at radius 1 is 1.24 bits per heavy atom. The first kappa shape index (κ1) is 15.9. The van der Waals surface area contributed by atoms with Crippen molar-refractivity contribution in [3.8, 4) is 0 Å². The number of benzene rings is 1. The first-order valence-corrected chi connectivity index (χ1v) is 7.63. The Morgan fingerprint density at radius 2 is 2.10 bits per heavy atom. The van der Waals surface area contributed by atoms with E-state index in [1.165, 1.54) is 0 Å². The average Bonchev–Trinajstić information content (AvgIpc) is 2.50. The lowest BCUT2D eigenvalue weighted by atomic mass is 9.99. The van der Waals surface area contributed by atoms with Crippen LogP contribution in [0.3, 0.4) is 0 Å². The smallest absolute Gasteiger partial charge is 0.145 e. The standard InChI is InChI=1S/C17H20ClFN2/c1-2-8-21-15(10-13-5-4-9-20-12-13)11-14-6-3-7-16(18)17(14)19/h3-7,9,12,15,21H,2,8,10-11H2,1H3. The summed E-state index contributed by atoms with van der Waals surface area (Å²) in [5.41, 5.74) is 1.80. The molecule has 0 spiro atoms. The highest BCUT2D eigenvalue weighted by Gasteiger charge is 2.14. The molecule has 1 heterocycles. The highest BCUT2D eigenvalue weighted by atomic mass is 35.5. The molecule has 0 aliphatic rings. The number of pyridine rings is 1. The van der Waals surface area contributed by atoms with Gasteiger partial charge in [-0.15, -0.1) is 0 Å². The molecule has 0 saturated heterocycles.